The lowest BCUT2D eigenvalue weighted by molar-refractivity contribution is -0.142. The van der Waals surface area contributed by atoms with Crippen LogP contribution in [0.3, 0.4) is 0 Å². The summed E-state index contributed by atoms with van der Waals surface area (Å²) in [7, 11) is 0. The first kappa shape index (κ1) is 17.3. The molecule has 1 saturated carbocycles. The maximum atomic E-state index is 12.1. The number of primary amides is 1. The van der Waals surface area contributed by atoms with E-state index in [-0.39, 0.29) is 24.4 Å². The minimum atomic E-state index is -0.799. The number of carboxylic acids is 1. The summed E-state index contributed by atoms with van der Waals surface area (Å²) >= 11 is 0. The number of carbonyl (C=O) groups is 3. The minimum absolute atomic E-state index is 0.0342. The average molecular weight is 299 g/mol. The monoisotopic (exact) mass is 299 g/mol. The van der Waals surface area contributed by atoms with Crippen LogP contribution >= 0.6 is 0 Å². The van der Waals surface area contributed by atoms with Crippen molar-refractivity contribution in [2.45, 2.75) is 39.0 Å². The van der Waals surface area contributed by atoms with Crippen molar-refractivity contribution in [1.29, 1.82) is 0 Å². The average Bonchev–Trinajstić information content (AvgIpc) is 2.89. The van der Waals surface area contributed by atoms with Crippen molar-refractivity contribution < 1.29 is 19.5 Å². The molecule has 0 aliphatic heterocycles. The summed E-state index contributed by atoms with van der Waals surface area (Å²) in [4.78, 5) is 35.6. The number of urea groups is 1. The van der Waals surface area contributed by atoms with Crippen molar-refractivity contribution >= 4 is 17.9 Å². The Balaban J connectivity index is 2.48. The Morgan fingerprint density at radius 2 is 2.05 bits per heavy atom. The predicted octanol–water partition coefficient (Wildman–Crippen LogP) is 0.784. The van der Waals surface area contributed by atoms with Crippen molar-refractivity contribution in [3.8, 4) is 0 Å². The van der Waals surface area contributed by atoms with E-state index in [2.05, 4.69) is 5.32 Å². The van der Waals surface area contributed by atoms with Crippen LogP contribution in [0.15, 0.2) is 0 Å². The van der Waals surface area contributed by atoms with Gasteiger partial charge in [0.1, 0.15) is 6.54 Å². The van der Waals surface area contributed by atoms with E-state index in [4.69, 9.17) is 10.8 Å². The molecule has 120 valence electrons. The van der Waals surface area contributed by atoms with Gasteiger partial charge in [-0.15, -0.1) is 0 Å². The van der Waals surface area contributed by atoms with Gasteiger partial charge < -0.3 is 21.1 Å². The Bertz CT molecular complexity index is 386. The molecule has 0 aromatic rings. The molecule has 1 rings (SSSR count). The Labute approximate surface area is 124 Å². The van der Waals surface area contributed by atoms with Gasteiger partial charge in [0, 0.05) is 13.1 Å². The number of nitrogens with zero attached hydrogens (tertiary/aromatic N) is 1. The van der Waals surface area contributed by atoms with Crippen LogP contribution < -0.4 is 11.1 Å². The SMILES string of the molecule is CCCCN(CC(N)=O)C(=O)NCC1CCCC1C(=O)O. The normalized spacial score (nSPS) is 21.0. The van der Waals surface area contributed by atoms with Gasteiger partial charge in [-0.2, -0.15) is 0 Å². The first-order chi connectivity index (χ1) is 9.95. The zero-order valence-electron chi connectivity index (χ0n) is 12.5. The standard InChI is InChI=1S/C14H25N3O4/c1-2-3-7-17(9-12(15)18)14(21)16-8-10-5-4-6-11(10)13(19)20/h10-11H,2-9H2,1H3,(H2,15,18)(H,16,21)(H,19,20). The smallest absolute Gasteiger partial charge is 0.317 e. The van der Waals surface area contributed by atoms with Crippen molar-refractivity contribution in [2.75, 3.05) is 19.6 Å². The van der Waals surface area contributed by atoms with Crippen LogP contribution in [0.2, 0.25) is 0 Å². The van der Waals surface area contributed by atoms with Gasteiger partial charge in [0.25, 0.3) is 0 Å². The van der Waals surface area contributed by atoms with Gasteiger partial charge in [0.15, 0.2) is 0 Å². The lowest BCUT2D eigenvalue weighted by Crippen LogP contribution is -2.46. The van der Waals surface area contributed by atoms with E-state index in [1.165, 1.54) is 4.90 Å². The molecule has 0 spiro atoms. The maximum Gasteiger partial charge on any atom is 0.317 e. The molecule has 1 fully saturated rings. The summed E-state index contributed by atoms with van der Waals surface area (Å²) in [5.41, 5.74) is 5.14. The zero-order valence-corrected chi connectivity index (χ0v) is 12.5. The van der Waals surface area contributed by atoms with Crippen LogP contribution in [0, 0.1) is 11.8 Å². The largest absolute Gasteiger partial charge is 0.481 e. The van der Waals surface area contributed by atoms with E-state index in [1.807, 2.05) is 6.92 Å². The summed E-state index contributed by atoms with van der Waals surface area (Å²) in [5.74, 6) is -1.77. The third-order valence-electron chi connectivity index (χ3n) is 3.91. The second kappa shape index (κ2) is 8.49. The third kappa shape index (κ3) is 5.61. The van der Waals surface area contributed by atoms with Gasteiger partial charge in [-0.25, -0.2) is 4.79 Å². The number of aliphatic carboxylic acids is 1. The number of rotatable bonds is 8. The number of nitrogens with two attached hydrogens (primary N) is 1. The number of hydrogen-bond acceptors (Lipinski definition) is 3. The summed E-state index contributed by atoms with van der Waals surface area (Å²) in [6.45, 7) is 2.69. The van der Waals surface area contributed by atoms with Gasteiger partial charge in [-0.05, 0) is 25.2 Å². The van der Waals surface area contributed by atoms with E-state index in [9.17, 15) is 14.4 Å². The van der Waals surface area contributed by atoms with Crippen LogP contribution in [0.25, 0.3) is 0 Å². The lowest BCUT2D eigenvalue weighted by Gasteiger charge is -2.23. The van der Waals surface area contributed by atoms with Gasteiger partial charge in [-0.3, -0.25) is 9.59 Å². The van der Waals surface area contributed by atoms with E-state index in [0.29, 0.717) is 19.5 Å². The van der Waals surface area contributed by atoms with Crippen molar-refractivity contribution in [2.24, 2.45) is 17.6 Å². The first-order valence-electron chi connectivity index (χ1n) is 7.49. The lowest BCUT2D eigenvalue weighted by atomic mass is 9.96. The molecule has 0 heterocycles. The molecule has 3 amide bonds. The molecule has 1 aliphatic carbocycles. The molecule has 4 N–H and O–H groups in total. The number of unbranched alkanes of at least 4 members (excludes halogenated alkanes) is 1. The van der Waals surface area contributed by atoms with Crippen LogP contribution in [0.5, 0.6) is 0 Å². The number of carboxylic acid groups (broad SMARTS) is 1. The van der Waals surface area contributed by atoms with Gasteiger partial charge in [-0.1, -0.05) is 19.8 Å². The van der Waals surface area contributed by atoms with Gasteiger partial charge in [0.05, 0.1) is 5.92 Å². The fourth-order valence-electron chi connectivity index (χ4n) is 2.73. The summed E-state index contributed by atoms with van der Waals surface area (Å²) < 4.78 is 0. The topological polar surface area (TPSA) is 113 Å². The predicted molar refractivity (Wildman–Crippen MR) is 77.5 cm³/mol. The molecular formula is C14H25N3O4. The number of nitrogens with one attached hydrogen (secondary N) is 1. The molecule has 0 saturated heterocycles. The van der Waals surface area contributed by atoms with E-state index in [0.717, 1.165) is 25.7 Å². The quantitative estimate of drug-likeness (QED) is 0.614. The Kier molecular flexibility index (Phi) is 6.98. The van der Waals surface area contributed by atoms with Crippen LogP contribution in [-0.2, 0) is 9.59 Å². The second-order valence-electron chi connectivity index (χ2n) is 5.56. The van der Waals surface area contributed by atoms with Crippen molar-refractivity contribution in [3.05, 3.63) is 0 Å². The third-order valence-corrected chi connectivity index (χ3v) is 3.91. The van der Waals surface area contributed by atoms with Crippen LogP contribution in [-0.4, -0.2) is 47.5 Å². The highest BCUT2D eigenvalue weighted by molar-refractivity contribution is 5.83. The molecule has 7 heteroatoms. The van der Waals surface area contributed by atoms with Gasteiger partial charge >= 0.3 is 12.0 Å². The molecule has 21 heavy (non-hydrogen) atoms. The molecule has 0 aromatic carbocycles. The summed E-state index contributed by atoms with van der Waals surface area (Å²) in [5, 5.41) is 11.8. The number of amides is 3. The second-order valence-corrected chi connectivity index (χ2v) is 5.56. The molecule has 0 aromatic heterocycles. The maximum absolute atomic E-state index is 12.1. The van der Waals surface area contributed by atoms with Crippen LogP contribution in [0.1, 0.15) is 39.0 Å². The van der Waals surface area contributed by atoms with Crippen LogP contribution in [0.4, 0.5) is 4.79 Å². The first-order valence-corrected chi connectivity index (χ1v) is 7.49. The number of carbonyl (C=O) groups excluding carboxylic acids is 2. The highest BCUT2D eigenvalue weighted by Crippen LogP contribution is 2.31. The molecule has 2 atom stereocenters. The van der Waals surface area contributed by atoms with E-state index in [1.54, 1.807) is 0 Å². The fraction of sp³-hybridized carbons (Fsp3) is 0.786. The summed E-state index contributed by atoms with van der Waals surface area (Å²) in [6, 6.07) is -0.349. The Morgan fingerprint density at radius 3 is 2.62 bits per heavy atom. The highest BCUT2D eigenvalue weighted by Gasteiger charge is 2.33. The molecule has 2 unspecified atom stereocenters. The molecule has 0 radical (unpaired) electrons. The minimum Gasteiger partial charge on any atom is -0.481 e. The molecule has 0 bridgehead atoms. The Morgan fingerprint density at radius 1 is 1.33 bits per heavy atom. The Hall–Kier alpha value is -1.79. The molecule has 1 aliphatic rings. The summed E-state index contributed by atoms with van der Waals surface area (Å²) in [6.07, 6.45) is 4.05. The van der Waals surface area contributed by atoms with E-state index < -0.39 is 11.9 Å². The van der Waals surface area contributed by atoms with Crippen molar-refractivity contribution in [3.63, 3.8) is 0 Å². The molecule has 7 nitrogen and oxygen atoms in total. The zero-order chi connectivity index (χ0) is 15.8. The van der Waals surface area contributed by atoms with Gasteiger partial charge in [0.2, 0.25) is 5.91 Å². The fourth-order valence-corrected chi connectivity index (χ4v) is 2.73. The molecular weight excluding hydrogens is 274 g/mol. The number of hydrogen-bond donors (Lipinski definition) is 3. The van der Waals surface area contributed by atoms with Crippen molar-refractivity contribution in [1.82, 2.24) is 10.2 Å². The highest BCUT2D eigenvalue weighted by atomic mass is 16.4. The van der Waals surface area contributed by atoms with E-state index >= 15 is 0 Å².